The minimum absolute atomic E-state index is 0.0237. The summed E-state index contributed by atoms with van der Waals surface area (Å²) in [5.41, 5.74) is 4.75. The summed E-state index contributed by atoms with van der Waals surface area (Å²) < 4.78 is 35.7. The van der Waals surface area contributed by atoms with E-state index in [2.05, 4.69) is 24.4 Å². The van der Waals surface area contributed by atoms with Gasteiger partial charge in [-0.25, -0.2) is 4.98 Å². The number of hydrogen-bond acceptors (Lipinski definition) is 10. The molecule has 0 bridgehead atoms. The number of carbonyl (C=O) groups is 1. The lowest BCUT2D eigenvalue weighted by atomic mass is 9.81. The van der Waals surface area contributed by atoms with Crippen LogP contribution in [0.5, 0.6) is 11.5 Å². The second kappa shape index (κ2) is 15.1. The van der Waals surface area contributed by atoms with Crippen molar-refractivity contribution in [2.75, 3.05) is 51.8 Å². The Balaban J connectivity index is 1.19. The predicted molar refractivity (Wildman–Crippen MR) is 175 cm³/mol. The van der Waals surface area contributed by atoms with Crippen LogP contribution in [-0.2, 0) is 23.7 Å². The Kier molecular flexibility index (Phi) is 10.5. The van der Waals surface area contributed by atoms with Gasteiger partial charge in [-0.1, -0.05) is 12.1 Å². The molecule has 10 nitrogen and oxygen atoms in total. The van der Waals surface area contributed by atoms with Crippen LogP contribution < -0.4 is 14.8 Å². The molecule has 0 radical (unpaired) electrons. The number of rotatable bonds is 14. The van der Waals surface area contributed by atoms with Gasteiger partial charge in [0, 0.05) is 36.3 Å². The third kappa shape index (κ3) is 7.51. The third-order valence-electron chi connectivity index (χ3n) is 7.86. The fourth-order valence-corrected chi connectivity index (χ4v) is 6.66. The van der Waals surface area contributed by atoms with Crippen LogP contribution in [0.4, 0.5) is 5.69 Å². The first kappa shape index (κ1) is 32.0. The number of nitrogens with one attached hydrogen (secondary N) is 1. The Morgan fingerprint density at radius 1 is 1.00 bits per heavy atom. The Hall–Kier alpha value is -4.00. The standard InChI is InChI=1S/C35H38N2O8S/c1-3-42-35-26(12-14-40-16-17-41-15-13-38)27(24-7-11-29-30(19-24)44-21-43-29)20-31(45-35)33(39)36-25-8-5-23(6-9-25)34-37-28-10-4-22(2)18-32(28)46-34/h4-11,18-20,26-27,35,38H,3,12-17,21H2,1-2H3,(H,36,39)/t26-,27-,35-/m0/s1. The van der Waals surface area contributed by atoms with Crippen molar-refractivity contribution in [3.05, 3.63) is 83.6 Å². The van der Waals surface area contributed by atoms with Gasteiger partial charge in [-0.15, -0.1) is 11.3 Å². The average molecular weight is 647 g/mol. The largest absolute Gasteiger partial charge is 0.459 e. The van der Waals surface area contributed by atoms with Gasteiger partial charge in [0.15, 0.2) is 17.3 Å². The van der Waals surface area contributed by atoms with Gasteiger partial charge in [0.05, 0.1) is 36.6 Å². The van der Waals surface area contributed by atoms with E-state index in [0.717, 1.165) is 26.4 Å². The molecule has 2 N–H and O–H groups in total. The van der Waals surface area contributed by atoms with Gasteiger partial charge < -0.3 is 38.8 Å². The highest BCUT2D eigenvalue weighted by atomic mass is 32.1. The summed E-state index contributed by atoms with van der Waals surface area (Å²) in [6.45, 7) is 6.05. The Morgan fingerprint density at radius 3 is 2.61 bits per heavy atom. The van der Waals surface area contributed by atoms with Crippen LogP contribution in [-0.4, -0.2) is 68.7 Å². The number of aromatic nitrogens is 1. The third-order valence-corrected chi connectivity index (χ3v) is 8.93. The number of anilines is 1. The first-order valence-electron chi connectivity index (χ1n) is 15.5. The van der Waals surface area contributed by atoms with Crippen molar-refractivity contribution in [1.82, 2.24) is 4.98 Å². The summed E-state index contributed by atoms with van der Waals surface area (Å²) in [5, 5.41) is 12.8. The van der Waals surface area contributed by atoms with Crippen LogP contribution in [0.1, 0.15) is 30.4 Å². The molecule has 0 saturated carbocycles. The van der Waals surface area contributed by atoms with Crippen LogP contribution in [0.3, 0.4) is 0 Å². The van der Waals surface area contributed by atoms with Crippen LogP contribution in [0.25, 0.3) is 20.8 Å². The lowest BCUT2D eigenvalue weighted by molar-refractivity contribution is -0.166. The molecular weight excluding hydrogens is 608 g/mol. The number of benzene rings is 3. The van der Waals surface area contributed by atoms with Gasteiger partial charge in [-0.05, 0) is 86.0 Å². The Labute approximate surface area is 271 Å². The number of allylic oxidation sites excluding steroid dienone is 1. The highest BCUT2D eigenvalue weighted by Crippen LogP contribution is 2.42. The van der Waals surface area contributed by atoms with E-state index in [1.165, 1.54) is 5.56 Å². The zero-order chi connectivity index (χ0) is 31.9. The summed E-state index contributed by atoms with van der Waals surface area (Å²) in [6, 6.07) is 19.7. The number of nitrogens with zero attached hydrogens (tertiary/aromatic N) is 1. The quantitative estimate of drug-likeness (QED) is 0.158. The molecule has 11 heteroatoms. The normalized spacial score (nSPS) is 18.8. The molecule has 1 amide bonds. The van der Waals surface area contributed by atoms with E-state index >= 15 is 0 Å². The second-order valence-electron chi connectivity index (χ2n) is 11.0. The van der Waals surface area contributed by atoms with Crippen LogP contribution in [0.2, 0.25) is 0 Å². The van der Waals surface area contributed by atoms with Crippen molar-refractivity contribution in [3.8, 4) is 22.1 Å². The summed E-state index contributed by atoms with van der Waals surface area (Å²) in [7, 11) is 0. The monoisotopic (exact) mass is 646 g/mol. The van der Waals surface area contributed by atoms with Crippen molar-refractivity contribution in [2.24, 2.45) is 5.92 Å². The molecule has 46 heavy (non-hydrogen) atoms. The van der Waals surface area contributed by atoms with E-state index in [1.807, 2.05) is 61.5 Å². The maximum absolute atomic E-state index is 13.6. The molecule has 0 aliphatic carbocycles. The second-order valence-corrected chi connectivity index (χ2v) is 12.1. The van der Waals surface area contributed by atoms with E-state index in [1.54, 1.807) is 11.3 Å². The first-order valence-corrected chi connectivity index (χ1v) is 16.3. The topological polar surface area (TPSA) is 118 Å². The molecule has 4 aromatic rings. The highest BCUT2D eigenvalue weighted by Gasteiger charge is 2.38. The van der Waals surface area contributed by atoms with Gasteiger partial charge in [-0.3, -0.25) is 4.79 Å². The van der Waals surface area contributed by atoms with Crippen LogP contribution in [0, 0.1) is 12.8 Å². The summed E-state index contributed by atoms with van der Waals surface area (Å²) in [6.07, 6.45) is 1.79. The van der Waals surface area contributed by atoms with Crippen molar-refractivity contribution in [2.45, 2.75) is 32.5 Å². The van der Waals surface area contributed by atoms with Gasteiger partial charge in [0.25, 0.3) is 5.91 Å². The molecule has 0 unspecified atom stereocenters. The lowest BCUT2D eigenvalue weighted by Crippen LogP contribution is -2.38. The van der Waals surface area contributed by atoms with E-state index in [4.69, 9.17) is 38.5 Å². The maximum Gasteiger partial charge on any atom is 0.290 e. The lowest BCUT2D eigenvalue weighted by Gasteiger charge is -2.37. The van der Waals surface area contributed by atoms with E-state index in [9.17, 15) is 4.79 Å². The molecule has 0 fully saturated rings. The maximum atomic E-state index is 13.6. The Bertz CT molecular complexity index is 1670. The molecule has 1 aromatic heterocycles. The molecule has 242 valence electrons. The number of ether oxygens (including phenoxy) is 6. The Morgan fingerprint density at radius 2 is 1.80 bits per heavy atom. The van der Waals surface area contributed by atoms with Gasteiger partial charge >= 0.3 is 0 Å². The van der Waals surface area contributed by atoms with Crippen LogP contribution >= 0.6 is 11.3 Å². The molecule has 2 aliphatic rings. The summed E-state index contributed by atoms with van der Waals surface area (Å²) in [5.74, 6) is 0.796. The van der Waals surface area contributed by atoms with Crippen molar-refractivity contribution < 1.29 is 38.3 Å². The van der Waals surface area contributed by atoms with E-state index < -0.39 is 6.29 Å². The molecule has 6 rings (SSSR count). The zero-order valence-electron chi connectivity index (χ0n) is 25.9. The molecular formula is C35H38N2O8S. The van der Waals surface area contributed by atoms with Crippen molar-refractivity contribution in [3.63, 3.8) is 0 Å². The number of aryl methyl sites for hydroxylation is 1. The fraction of sp³-hybridized carbons (Fsp3) is 0.371. The van der Waals surface area contributed by atoms with Crippen molar-refractivity contribution in [1.29, 1.82) is 0 Å². The number of carbonyl (C=O) groups excluding carboxylic acids is 1. The van der Waals surface area contributed by atoms with E-state index in [0.29, 0.717) is 50.0 Å². The number of thiazole rings is 1. The molecule has 0 saturated heterocycles. The molecule has 2 aliphatic heterocycles. The summed E-state index contributed by atoms with van der Waals surface area (Å²) in [4.78, 5) is 18.4. The first-order chi connectivity index (χ1) is 22.5. The number of aliphatic hydroxyl groups is 1. The van der Waals surface area contributed by atoms with E-state index in [-0.39, 0.29) is 43.5 Å². The number of aliphatic hydroxyl groups excluding tert-OH is 1. The van der Waals surface area contributed by atoms with Gasteiger partial charge in [0.2, 0.25) is 13.1 Å². The van der Waals surface area contributed by atoms with Gasteiger partial charge in [-0.2, -0.15) is 0 Å². The average Bonchev–Trinajstić information content (AvgIpc) is 3.71. The molecule has 3 aromatic carbocycles. The number of hydrogen-bond donors (Lipinski definition) is 2. The minimum atomic E-state index is -0.676. The smallest absolute Gasteiger partial charge is 0.290 e. The van der Waals surface area contributed by atoms with Crippen LogP contribution in [0.15, 0.2) is 72.5 Å². The van der Waals surface area contributed by atoms with Crippen molar-refractivity contribution >= 4 is 33.1 Å². The zero-order valence-corrected chi connectivity index (χ0v) is 26.7. The predicted octanol–water partition coefficient (Wildman–Crippen LogP) is 6.03. The molecule has 3 heterocycles. The molecule has 3 atom stereocenters. The highest BCUT2D eigenvalue weighted by molar-refractivity contribution is 7.21. The molecule has 0 spiro atoms. The number of fused-ring (bicyclic) bond motifs is 2. The number of amides is 1. The summed E-state index contributed by atoms with van der Waals surface area (Å²) >= 11 is 1.65. The SMILES string of the molecule is CCO[C@H]1OC(C(=O)Nc2ccc(-c3nc4ccc(C)cc4s3)cc2)=C[C@@H](c2ccc3c(c2)OCO3)[C@@H]1CCOCCOCCO. The minimum Gasteiger partial charge on any atom is -0.459 e. The van der Waals surface area contributed by atoms with Gasteiger partial charge in [0.1, 0.15) is 5.01 Å². The fourth-order valence-electron chi connectivity index (χ4n) is 5.59.